The molecule has 0 unspecified atom stereocenters. The lowest BCUT2D eigenvalue weighted by Crippen LogP contribution is -2.44. The molecular formula is C27H33N3O5S. The van der Waals surface area contributed by atoms with Gasteiger partial charge in [-0.2, -0.15) is 4.31 Å². The SMILES string of the molecule is CCC(=Cc1cccc([N+](=O)[O-])c1)C(=O)N1CCC2(CCN(S(=O)(=O)c3cc(C)ccc3C)CC2)C1. The molecule has 2 aliphatic rings. The molecule has 2 heterocycles. The fourth-order valence-corrected chi connectivity index (χ4v) is 7.04. The van der Waals surface area contributed by atoms with Crippen molar-refractivity contribution in [1.82, 2.24) is 9.21 Å². The van der Waals surface area contributed by atoms with Crippen molar-refractivity contribution in [3.05, 3.63) is 74.8 Å². The minimum atomic E-state index is -3.56. The number of rotatable bonds is 6. The molecule has 0 atom stereocenters. The standard InChI is InChI=1S/C27H33N3O5S/c1-4-23(17-22-6-5-7-24(18-22)30(32)33)26(31)28-13-10-27(19-28)11-14-29(15-12-27)36(34,35)25-16-20(2)8-9-21(25)3/h5-9,16-18H,4,10-15,19H2,1-3H3. The van der Waals surface area contributed by atoms with Gasteiger partial charge < -0.3 is 4.90 Å². The highest BCUT2D eigenvalue weighted by molar-refractivity contribution is 7.89. The molecule has 0 aliphatic carbocycles. The highest BCUT2D eigenvalue weighted by atomic mass is 32.2. The van der Waals surface area contributed by atoms with Crippen LogP contribution >= 0.6 is 0 Å². The van der Waals surface area contributed by atoms with Gasteiger partial charge >= 0.3 is 0 Å². The van der Waals surface area contributed by atoms with E-state index in [2.05, 4.69) is 0 Å². The Morgan fingerprint density at radius 3 is 2.44 bits per heavy atom. The Morgan fingerprint density at radius 2 is 1.78 bits per heavy atom. The molecule has 192 valence electrons. The molecule has 0 N–H and O–H groups in total. The number of aryl methyl sites for hydroxylation is 2. The molecule has 36 heavy (non-hydrogen) atoms. The largest absolute Gasteiger partial charge is 0.338 e. The fraction of sp³-hybridized carbons (Fsp3) is 0.444. The summed E-state index contributed by atoms with van der Waals surface area (Å²) in [6.45, 7) is 7.76. The summed E-state index contributed by atoms with van der Waals surface area (Å²) in [5.41, 5.74) is 2.84. The number of nitro benzene ring substituents is 1. The van der Waals surface area contributed by atoms with E-state index < -0.39 is 14.9 Å². The highest BCUT2D eigenvalue weighted by Crippen LogP contribution is 2.42. The second-order valence-electron chi connectivity index (χ2n) is 10.0. The predicted molar refractivity (Wildman–Crippen MR) is 139 cm³/mol. The number of piperidine rings is 1. The van der Waals surface area contributed by atoms with Crippen LogP contribution in [0.1, 0.15) is 49.3 Å². The van der Waals surface area contributed by atoms with E-state index in [0.717, 1.165) is 30.4 Å². The van der Waals surface area contributed by atoms with Gasteiger partial charge in [-0.15, -0.1) is 0 Å². The average molecular weight is 512 g/mol. The monoisotopic (exact) mass is 511 g/mol. The van der Waals surface area contributed by atoms with Gasteiger partial charge in [-0.3, -0.25) is 14.9 Å². The molecule has 9 heteroatoms. The summed E-state index contributed by atoms with van der Waals surface area (Å²) in [5, 5.41) is 11.1. The van der Waals surface area contributed by atoms with Crippen molar-refractivity contribution in [2.45, 2.75) is 51.3 Å². The van der Waals surface area contributed by atoms with Crippen molar-refractivity contribution in [2.24, 2.45) is 5.41 Å². The highest BCUT2D eigenvalue weighted by Gasteiger charge is 2.44. The van der Waals surface area contributed by atoms with Crippen molar-refractivity contribution >= 4 is 27.7 Å². The fourth-order valence-electron chi connectivity index (χ4n) is 5.29. The minimum absolute atomic E-state index is 0.00523. The number of sulfonamides is 1. The van der Waals surface area contributed by atoms with Gasteiger partial charge in [0.15, 0.2) is 0 Å². The molecule has 1 amide bonds. The molecule has 0 aromatic heterocycles. The molecule has 0 radical (unpaired) electrons. The van der Waals surface area contributed by atoms with E-state index in [-0.39, 0.29) is 17.0 Å². The summed E-state index contributed by atoms with van der Waals surface area (Å²) in [7, 11) is -3.56. The van der Waals surface area contributed by atoms with Gasteiger partial charge in [0.25, 0.3) is 5.69 Å². The third kappa shape index (κ3) is 5.22. The van der Waals surface area contributed by atoms with E-state index in [1.54, 1.807) is 28.6 Å². The number of non-ortho nitro benzene ring substituents is 1. The Labute approximate surface area is 212 Å². The molecule has 2 aromatic rings. The van der Waals surface area contributed by atoms with Crippen LogP contribution < -0.4 is 0 Å². The van der Waals surface area contributed by atoms with E-state index in [4.69, 9.17) is 0 Å². The molecule has 8 nitrogen and oxygen atoms in total. The van der Waals surface area contributed by atoms with Crippen LogP contribution in [0.4, 0.5) is 5.69 Å². The Hall–Kier alpha value is -3.04. The molecular weight excluding hydrogens is 478 g/mol. The molecule has 0 bridgehead atoms. The molecule has 2 aromatic carbocycles. The van der Waals surface area contributed by atoms with Gasteiger partial charge in [-0.25, -0.2) is 8.42 Å². The number of hydrogen-bond acceptors (Lipinski definition) is 5. The third-order valence-electron chi connectivity index (χ3n) is 7.55. The number of carbonyl (C=O) groups excluding carboxylic acids is 1. The maximum atomic E-state index is 13.3. The van der Waals surface area contributed by atoms with Crippen LogP contribution in [0, 0.1) is 29.4 Å². The molecule has 0 saturated carbocycles. The number of hydrogen-bond donors (Lipinski definition) is 0. The van der Waals surface area contributed by atoms with E-state index in [1.807, 2.05) is 37.8 Å². The van der Waals surface area contributed by atoms with E-state index in [0.29, 0.717) is 48.6 Å². The van der Waals surface area contributed by atoms with Crippen LogP contribution in [0.15, 0.2) is 52.9 Å². The number of carbonyl (C=O) groups is 1. The zero-order valence-corrected chi connectivity index (χ0v) is 21.9. The lowest BCUT2D eigenvalue weighted by Gasteiger charge is -2.38. The Morgan fingerprint density at radius 1 is 1.08 bits per heavy atom. The van der Waals surface area contributed by atoms with Crippen LogP contribution in [0.2, 0.25) is 0 Å². The maximum Gasteiger partial charge on any atom is 0.270 e. The molecule has 1 spiro atoms. The Bertz CT molecular complexity index is 1310. The molecule has 2 fully saturated rings. The van der Waals surface area contributed by atoms with Gasteiger partial charge in [-0.05, 0) is 73.8 Å². The minimum Gasteiger partial charge on any atom is -0.338 e. The zero-order valence-electron chi connectivity index (χ0n) is 21.1. The first-order chi connectivity index (χ1) is 17.0. The lowest BCUT2D eigenvalue weighted by molar-refractivity contribution is -0.384. The van der Waals surface area contributed by atoms with Crippen molar-refractivity contribution in [3.8, 4) is 0 Å². The van der Waals surface area contributed by atoms with Crippen molar-refractivity contribution < 1.29 is 18.1 Å². The summed E-state index contributed by atoms with van der Waals surface area (Å²) in [6.07, 6.45) is 4.55. The van der Waals surface area contributed by atoms with Crippen LogP contribution in [0.25, 0.3) is 6.08 Å². The number of nitrogens with zero attached hydrogens (tertiary/aromatic N) is 3. The summed E-state index contributed by atoms with van der Waals surface area (Å²) in [5.74, 6) is -0.0497. The van der Waals surface area contributed by atoms with Crippen molar-refractivity contribution in [2.75, 3.05) is 26.2 Å². The van der Waals surface area contributed by atoms with E-state index >= 15 is 0 Å². The van der Waals surface area contributed by atoms with Crippen molar-refractivity contribution in [3.63, 3.8) is 0 Å². The first kappa shape index (κ1) is 26.0. The Kier molecular flexibility index (Phi) is 7.33. The van der Waals surface area contributed by atoms with E-state index in [1.165, 1.54) is 12.1 Å². The quantitative estimate of drug-likeness (QED) is 0.318. The second kappa shape index (κ2) is 10.1. The number of likely N-dealkylation sites (tertiary alicyclic amines) is 1. The Balaban J connectivity index is 1.44. The molecule has 2 saturated heterocycles. The third-order valence-corrected chi connectivity index (χ3v) is 9.59. The lowest BCUT2D eigenvalue weighted by atomic mass is 9.78. The molecule has 4 rings (SSSR count). The van der Waals surface area contributed by atoms with Crippen LogP contribution in [-0.2, 0) is 14.8 Å². The maximum absolute atomic E-state index is 13.3. The summed E-state index contributed by atoms with van der Waals surface area (Å²) in [6, 6.07) is 11.8. The first-order valence-corrected chi connectivity index (χ1v) is 13.8. The van der Waals surface area contributed by atoms with Crippen LogP contribution in [0.5, 0.6) is 0 Å². The number of nitro groups is 1. The number of benzene rings is 2. The zero-order chi connectivity index (χ0) is 26.1. The van der Waals surface area contributed by atoms with Crippen LogP contribution in [-0.4, -0.2) is 54.6 Å². The van der Waals surface area contributed by atoms with Gasteiger partial charge in [-0.1, -0.05) is 31.2 Å². The van der Waals surface area contributed by atoms with Crippen LogP contribution in [0.3, 0.4) is 0 Å². The first-order valence-electron chi connectivity index (χ1n) is 12.4. The van der Waals surface area contributed by atoms with Gasteiger partial charge in [0.1, 0.15) is 0 Å². The number of amides is 1. The van der Waals surface area contributed by atoms with Gasteiger partial charge in [0, 0.05) is 43.9 Å². The normalized spacial score (nSPS) is 18.5. The summed E-state index contributed by atoms with van der Waals surface area (Å²) >= 11 is 0. The second-order valence-corrected chi connectivity index (χ2v) is 11.9. The molecule has 2 aliphatic heterocycles. The van der Waals surface area contributed by atoms with Crippen molar-refractivity contribution in [1.29, 1.82) is 0 Å². The summed E-state index contributed by atoms with van der Waals surface area (Å²) in [4.78, 5) is 26.2. The van der Waals surface area contributed by atoms with Gasteiger partial charge in [0.05, 0.1) is 9.82 Å². The summed E-state index contributed by atoms with van der Waals surface area (Å²) < 4.78 is 28.2. The topological polar surface area (TPSA) is 101 Å². The van der Waals surface area contributed by atoms with E-state index in [9.17, 15) is 23.3 Å². The predicted octanol–water partition coefficient (Wildman–Crippen LogP) is 4.71. The average Bonchev–Trinajstić information content (AvgIpc) is 3.27. The smallest absolute Gasteiger partial charge is 0.270 e. The van der Waals surface area contributed by atoms with Gasteiger partial charge in [0.2, 0.25) is 15.9 Å².